The number of carboxylic acid groups (broad SMARTS) is 1. The zero-order valence-corrected chi connectivity index (χ0v) is 18.9. The predicted molar refractivity (Wildman–Crippen MR) is 120 cm³/mol. The summed E-state index contributed by atoms with van der Waals surface area (Å²) in [4.78, 5) is 19.4. The first-order valence-electron chi connectivity index (χ1n) is 11.0. The number of ether oxygens (including phenoxy) is 1. The summed E-state index contributed by atoms with van der Waals surface area (Å²) in [5.41, 5.74) is 1.28. The van der Waals surface area contributed by atoms with Crippen LogP contribution in [-0.4, -0.2) is 31.2 Å². The molecule has 0 unspecified atom stereocenters. The van der Waals surface area contributed by atoms with Crippen molar-refractivity contribution in [1.29, 1.82) is 0 Å². The fourth-order valence-corrected chi connectivity index (χ4v) is 3.92. The number of carbonyl (C=O) groups is 1. The minimum Gasteiger partial charge on any atom is -0.481 e. The molecule has 1 aliphatic rings. The Morgan fingerprint density at radius 3 is 2.42 bits per heavy atom. The third-order valence-corrected chi connectivity index (χ3v) is 5.88. The SMILES string of the molecule is Cc1nnc(-c2ccc(-c3cc(COc4cnc([C@@H]5C[C@H]5C(=O)O)cn4)ccc3C(F)(F)F)cc2)o1. The highest BCUT2D eigenvalue weighted by Gasteiger charge is 2.45. The van der Waals surface area contributed by atoms with E-state index in [2.05, 4.69) is 20.2 Å². The summed E-state index contributed by atoms with van der Waals surface area (Å²) >= 11 is 0. The van der Waals surface area contributed by atoms with Crippen molar-refractivity contribution in [3.8, 4) is 28.5 Å². The highest BCUT2D eigenvalue weighted by Crippen LogP contribution is 2.46. The molecule has 1 fully saturated rings. The summed E-state index contributed by atoms with van der Waals surface area (Å²) < 4.78 is 52.2. The minimum absolute atomic E-state index is 0.00624. The number of carboxylic acids is 1. The van der Waals surface area contributed by atoms with Crippen LogP contribution in [-0.2, 0) is 17.6 Å². The van der Waals surface area contributed by atoms with Gasteiger partial charge in [0.05, 0.1) is 29.6 Å². The van der Waals surface area contributed by atoms with Gasteiger partial charge < -0.3 is 14.3 Å². The average Bonchev–Trinajstić information content (AvgIpc) is 3.56. The molecule has 2 atom stereocenters. The highest BCUT2D eigenvalue weighted by molar-refractivity contribution is 5.75. The maximum Gasteiger partial charge on any atom is 0.417 e. The standard InChI is InChI=1S/C25H19F3N4O4/c1-13-31-32-23(36-13)16-5-3-15(4-6-16)17-8-14(2-7-20(17)25(26,27)28)12-35-22-11-29-21(10-30-22)18-9-19(18)24(33)34/h2-8,10-11,18-19H,9,12H2,1H3,(H,33,34)/t18-,19-/m1/s1. The number of benzene rings is 2. The first-order chi connectivity index (χ1) is 17.2. The first-order valence-corrected chi connectivity index (χ1v) is 11.0. The summed E-state index contributed by atoms with van der Waals surface area (Å²) in [6.45, 7) is 1.62. The Kier molecular flexibility index (Phi) is 5.91. The Bertz CT molecular complexity index is 1400. The number of aromatic nitrogens is 4. The molecular weight excluding hydrogens is 477 g/mol. The van der Waals surface area contributed by atoms with Gasteiger partial charge in [-0.05, 0) is 47.4 Å². The molecule has 0 saturated heterocycles. The maximum absolute atomic E-state index is 13.7. The molecule has 36 heavy (non-hydrogen) atoms. The third kappa shape index (κ3) is 4.90. The molecule has 8 nitrogen and oxygen atoms in total. The first kappa shape index (κ1) is 23.5. The highest BCUT2D eigenvalue weighted by atomic mass is 19.4. The molecule has 0 radical (unpaired) electrons. The lowest BCUT2D eigenvalue weighted by atomic mass is 9.96. The smallest absolute Gasteiger partial charge is 0.417 e. The molecule has 0 spiro atoms. The van der Waals surface area contributed by atoms with Crippen molar-refractivity contribution < 1.29 is 32.2 Å². The van der Waals surface area contributed by atoms with E-state index in [0.717, 1.165) is 6.07 Å². The van der Waals surface area contributed by atoms with Gasteiger partial charge in [-0.1, -0.05) is 18.2 Å². The molecule has 0 amide bonds. The molecular formula is C25H19F3N4O4. The Balaban J connectivity index is 1.34. The monoisotopic (exact) mass is 496 g/mol. The second-order valence-electron chi connectivity index (χ2n) is 8.44. The molecule has 4 aromatic rings. The van der Waals surface area contributed by atoms with Crippen molar-refractivity contribution in [3.05, 3.63) is 77.6 Å². The fraction of sp³-hybridized carbons (Fsp3) is 0.240. The van der Waals surface area contributed by atoms with E-state index >= 15 is 0 Å². The Morgan fingerprint density at radius 2 is 1.83 bits per heavy atom. The van der Waals surface area contributed by atoms with Gasteiger partial charge in [0, 0.05) is 18.4 Å². The number of hydrogen-bond acceptors (Lipinski definition) is 7. The molecule has 2 aromatic carbocycles. The van der Waals surface area contributed by atoms with Crippen LogP contribution >= 0.6 is 0 Å². The Labute approximate surface area is 202 Å². The lowest BCUT2D eigenvalue weighted by Gasteiger charge is -2.15. The van der Waals surface area contributed by atoms with Gasteiger partial charge in [0.1, 0.15) is 6.61 Å². The summed E-state index contributed by atoms with van der Waals surface area (Å²) in [7, 11) is 0. The molecule has 184 valence electrons. The van der Waals surface area contributed by atoms with Crippen molar-refractivity contribution in [2.24, 2.45) is 5.92 Å². The number of alkyl halides is 3. The predicted octanol–water partition coefficient (Wildman–Crippen LogP) is 5.29. The zero-order chi connectivity index (χ0) is 25.4. The van der Waals surface area contributed by atoms with Crippen LogP contribution < -0.4 is 4.74 Å². The van der Waals surface area contributed by atoms with Crippen LogP contribution in [0.15, 0.2) is 59.3 Å². The lowest BCUT2D eigenvalue weighted by Crippen LogP contribution is -2.08. The third-order valence-electron chi connectivity index (χ3n) is 5.88. The minimum atomic E-state index is -4.55. The molecule has 1 saturated carbocycles. The van der Waals surface area contributed by atoms with Gasteiger partial charge in [-0.15, -0.1) is 10.2 Å². The van der Waals surface area contributed by atoms with Gasteiger partial charge in [-0.3, -0.25) is 9.78 Å². The summed E-state index contributed by atoms with van der Waals surface area (Å²) in [6.07, 6.45) is -1.17. The van der Waals surface area contributed by atoms with Crippen molar-refractivity contribution in [2.75, 3.05) is 0 Å². The van der Waals surface area contributed by atoms with Gasteiger partial charge in [0.15, 0.2) is 0 Å². The van der Waals surface area contributed by atoms with Gasteiger partial charge in [-0.25, -0.2) is 4.98 Å². The zero-order valence-electron chi connectivity index (χ0n) is 18.9. The average molecular weight is 496 g/mol. The van der Waals surface area contributed by atoms with E-state index < -0.39 is 23.6 Å². The van der Waals surface area contributed by atoms with Crippen molar-refractivity contribution in [1.82, 2.24) is 20.2 Å². The van der Waals surface area contributed by atoms with E-state index in [-0.39, 0.29) is 29.9 Å². The molecule has 2 heterocycles. The van der Waals surface area contributed by atoms with Crippen molar-refractivity contribution in [3.63, 3.8) is 0 Å². The van der Waals surface area contributed by atoms with Crippen LogP contribution in [0.1, 0.15) is 35.1 Å². The number of nitrogens with zero attached hydrogens (tertiary/aromatic N) is 4. The summed E-state index contributed by atoms with van der Waals surface area (Å²) in [5, 5.41) is 16.7. The van der Waals surface area contributed by atoms with Crippen LogP contribution in [0.25, 0.3) is 22.6 Å². The van der Waals surface area contributed by atoms with Crippen molar-refractivity contribution in [2.45, 2.75) is 32.0 Å². The molecule has 1 N–H and O–H groups in total. The molecule has 0 bridgehead atoms. The molecule has 2 aromatic heterocycles. The van der Waals surface area contributed by atoms with Crippen LogP contribution in [0.2, 0.25) is 0 Å². The number of hydrogen-bond donors (Lipinski definition) is 1. The lowest BCUT2D eigenvalue weighted by molar-refractivity contribution is -0.139. The van der Waals surface area contributed by atoms with Crippen LogP contribution in [0, 0.1) is 12.8 Å². The van der Waals surface area contributed by atoms with Crippen molar-refractivity contribution >= 4 is 5.97 Å². The van der Waals surface area contributed by atoms with E-state index in [0.29, 0.717) is 34.7 Å². The van der Waals surface area contributed by atoms with Gasteiger partial charge >= 0.3 is 12.1 Å². The van der Waals surface area contributed by atoms with E-state index in [1.54, 1.807) is 31.2 Å². The topological polar surface area (TPSA) is 111 Å². The van der Waals surface area contributed by atoms with E-state index in [1.807, 2.05) is 0 Å². The van der Waals surface area contributed by atoms with Crippen LogP contribution in [0.4, 0.5) is 13.2 Å². The maximum atomic E-state index is 13.7. The number of aliphatic carboxylic acids is 1. The molecule has 1 aliphatic carbocycles. The van der Waals surface area contributed by atoms with E-state index in [9.17, 15) is 18.0 Å². The Morgan fingerprint density at radius 1 is 1.08 bits per heavy atom. The van der Waals surface area contributed by atoms with Crippen LogP contribution in [0.5, 0.6) is 5.88 Å². The van der Waals surface area contributed by atoms with Crippen LogP contribution in [0.3, 0.4) is 0 Å². The molecule has 0 aliphatic heterocycles. The number of aryl methyl sites for hydroxylation is 1. The number of rotatable bonds is 7. The second kappa shape index (κ2) is 9.06. The Hall–Kier alpha value is -4.28. The quantitative estimate of drug-likeness (QED) is 0.368. The van der Waals surface area contributed by atoms with Gasteiger partial charge in [0.2, 0.25) is 17.7 Å². The second-order valence-corrected chi connectivity index (χ2v) is 8.44. The van der Waals surface area contributed by atoms with E-state index in [1.165, 1.54) is 24.5 Å². The fourth-order valence-electron chi connectivity index (χ4n) is 3.92. The summed E-state index contributed by atoms with van der Waals surface area (Å²) in [6, 6.07) is 10.2. The van der Waals surface area contributed by atoms with Gasteiger partial charge in [-0.2, -0.15) is 13.2 Å². The normalized spacial score (nSPS) is 17.1. The van der Waals surface area contributed by atoms with E-state index in [4.69, 9.17) is 14.3 Å². The largest absolute Gasteiger partial charge is 0.481 e. The molecule has 5 rings (SSSR count). The molecule has 11 heteroatoms. The number of halogens is 3. The summed E-state index contributed by atoms with van der Waals surface area (Å²) in [5.74, 6) is -0.605. The van der Waals surface area contributed by atoms with Gasteiger partial charge in [0.25, 0.3) is 0 Å².